The van der Waals surface area contributed by atoms with E-state index >= 15 is 0 Å². The van der Waals surface area contributed by atoms with Crippen molar-refractivity contribution >= 4 is 0 Å². The van der Waals surface area contributed by atoms with Crippen LogP contribution in [0.4, 0.5) is 0 Å². The van der Waals surface area contributed by atoms with Gasteiger partial charge in [0.15, 0.2) is 0 Å². The van der Waals surface area contributed by atoms with Crippen molar-refractivity contribution in [2.75, 3.05) is 0 Å². The quantitative estimate of drug-likeness (QED) is 0.441. The molecule has 0 heteroatoms. The highest BCUT2D eigenvalue weighted by Crippen LogP contribution is 1.96. The van der Waals surface area contributed by atoms with Crippen molar-refractivity contribution in [3.05, 3.63) is 0 Å². The summed E-state index contributed by atoms with van der Waals surface area (Å²) in [5.41, 5.74) is 0. The smallest absolute Gasteiger partial charge is 0.0702 e. The molecule has 0 aliphatic heterocycles. The summed E-state index contributed by atoms with van der Waals surface area (Å²) in [5.74, 6) is 12.2. The molecular formula is C12H18. The van der Waals surface area contributed by atoms with Gasteiger partial charge in [-0.2, -0.15) is 0 Å². The van der Waals surface area contributed by atoms with Gasteiger partial charge in [0.25, 0.3) is 0 Å². The highest BCUT2D eigenvalue weighted by molar-refractivity contribution is 5.11. The molecule has 0 aromatic carbocycles. The Morgan fingerprint density at radius 3 is 2.25 bits per heavy atom. The molecule has 0 heterocycles. The van der Waals surface area contributed by atoms with Gasteiger partial charge in [0.1, 0.15) is 0 Å². The van der Waals surface area contributed by atoms with Crippen molar-refractivity contribution in [2.45, 2.75) is 52.4 Å². The Labute approximate surface area is 76.8 Å². The van der Waals surface area contributed by atoms with E-state index in [9.17, 15) is 0 Å². The van der Waals surface area contributed by atoms with E-state index < -0.39 is 0 Å². The van der Waals surface area contributed by atoms with E-state index in [1.807, 2.05) is 0 Å². The van der Waals surface area contributed by atoms with Crippen LogP contribution in [-0.4, -0.2) is 0 Å². The number of hydrogen-bond acceptors (Lipinski definition) is 0. The average molecular weight is 162 g/mol. The lowest BCUT2D eigenvalue weighted by Crippen LogP contribution is -1.70. The third kappa shape index (κ3) is 9.12. The standard InChI is InChI=1S/C12H18/c1-3-5-7-9-11-12-10-8-6-4-2/h3-5,7,9-10H2,1-2H3. The van der Waals surface area contributed by atoms with Crippen molar-refractivity contribution in [1.82, 2.24) is 0 Å². The summed E-state index contributed by atoms with van der Waals surface area (Å²) in [6.07, 6.45) is 6.55. The van der Waals surface area contributed by atoms with Crippen LogP contribution in [0.5, 0.6) is 0 Å². The monoisotopic (exact) mass is 162 g/mol. The maximum absolute atomic E-state index is 3.13. The highest BCUT2D eigenvalue weighted by atomic mass is 13.8. The van der Waals surface area contributed by atoms with Gasteiger partial charge in [-0.3, -0.25) is 0 Å². The van der Waals surface area contributed by atoms with Gasteiger partial charge < -0.3 is 0 Å². The fraction of sp³-hybridized carbons (Fsp3) is 0.667. The van der Waals surface area contributed by atoms with Crippen LogP contribution in [0.1, 0.15) is 52.4 Å². The second-order valence-corrected chi connectivity index (χ2v) is 2.69. The summed E-state index contributed by atoms with van der Waals surface area (Å²) in [6.45, 7) is 4.27. The van der Waals surface area contributed by atoms with Gasteiger partial charge in [-0.1, -0.05) is 38.5 Å². The molecule has 0 aromatic rings. The summed E-state index contributed by atoms with van der Waals surface area (Å²) in [6, 6.07) is 0. The van der Waals surface area contributed by atoms with Crippen LogP contribution in [0.25, 0.3) is 0 Å². The van der Waals surface area contributed by atoms with Crippen molar-refractivity contribution in [3.8, 4) is 23.7 Å². The molecule has 0 spiro atoms. The third-order valence-corrected chi connectivity index (χ3v) is 1.51. The number of unbranched alkanes of at least 4 members (excludes halogenated alkanes) is 3. The SMILES string of the molecule is CCC#CCC#CCCCCC. The lowest BCUT2D eigenvalue weighted by molar-refractivity contribution is 0.737. The van der Waals surface area contributed by atoms with Crippen LogP contribution >= 0.6 is 0 Å². The second kappa shape index (κ2) is 10.1. The first-order valence-electron chi connectivity index (χ1n) is 4.83. The third-order valence-electron chi connectivity index (χ3n) is 1.51. The molecule has 0 N–H and O–H groups in total. The fourth-order valence-electron chi connectivity index (χ4n) is 0.846. The minimum Gasteiger partial charge on any atom is -0.103 e. The Hall–Kier alpha value is -0.880. The zero-order chi connectivity index (χ0) is 9.07. The normalized spacial score (nSPS) is 7.83. The molecule has 0 aromatic heterocycles. The molecule has 0 saturated heterocycles. The van der Waals surface area contributed by atoms with Crippen LogP contribution in [0.2, 0.25) is 0 Å². The van der Waals surface area contributed by atoms with Gasteiger partial charge >= 0.3 is 0 Å². The average Bonchev–Trinajstić information content (AvgIpc) is 2.10. The van der Waals surface area contributed by atoms with Crippen molar-refractivity contribution in [1.29, 1.82) is 0 Å². The van der Waals surface area contributed by atoms with Crippen molar-refractivity contribution < 1.29 is 0 Å². The minimum absolute atomic E-state index is 0.750. The van der Waals surface area contributed by atoms with Crippen LogP contribution in [0.3, 0.4) is 0 Å². The molecule has 0 aliphatic rings. The second-order valence-electron chi connectivity index (χ2n) is 2.69. The Morgan fingerprint density at radius 1 is 0.833 bits per heavy atom. The van der Waals surface area contributed by atoms with E-state index in [-0.39, 0.29) is 0 Å². The summed E-state index contributed by atoms with van der Waals surface area (Å²) >= 11 is 0. The lowest BCUT2D eigenvalue weighted by atomic mass is 10.2. The van der Waals surface area contributed by atoms with E-state index in [4.69, 9.17) is 0 Å². The van der Waals surface area contributed by atoms with Crippen molar-refractivity contribution in [2.24, 2.45) is 0 Å². The van der Waals surface area contributed by atoms with Crippen LogP contribution in [-0.2, 0) is 0 Å². The summed E-state index contributed by atoms with van der Waals surface area (Å²) < 4.78 is 0. The van der Waals surface area contributed by atoms with Crippen LogP contribution in [0, 0.1) is 23.7 Å². The zero-order valence-electron chi connectivity index (χ0n) is 8.24. The molecule has 0 bridgehead atoms. The molecule has 12 heavy (non-hydrogen) atoms. The Kier molecular flexibility index (Phi) is 9.38. The maximum Gasteiger partial charge on any atom is 0.0702 e. The van der Waals surface area contributed by atoms with Gasteiger partial charge in [-0.15, -0.1) is 11.8 Å². The topological polar surface area (TPSA) is 0 Å². The van der Waals surface area contributed by atoms with Gasteiger partial charge in [-0.05, 0) is 6.42 Å². The summed E-state index contributed by atoms with van der Waals surface area (Å²) in [4.78, 5) is 0. The molecule has 0 amide bonds. The molecule has 0 aliphatic carbocycles. The predicted molar refractivity (Wildman–Crippen MR) is 54.6 cm³/mol. The predicted octanol–water partition coefficient (Wildman–Crippen LogP) is 3.37. The van der Waals surface area contributed by atoms with E-state index in [1.165, 1.54) is 19.3 Å². The molecule has 0 nitrogen and oxygen atoms in total. The molecule has 0 radical (unpaired) electrons. The van der Waals surface area contributed by atoms with E-state index in [2.05, 4.69) is 37.5 Å². The first kappa shape index (κ1) is 11.1. The largest absolute Gasteiger partial charge is 0.103 e. The van der Waals surface area contributed by atoms with Crippen LogP contribution < -0.4 is 0 Å². The molecule has 66 valence electrons. The fourth-order valence-corrected chi connectivity index (χ4v) is 0.846. The number of rotatable bonds is 3. The van der Waals surface area contributed by atoms with Gasteiger partial charge in [-0.25, -0.2) is 0 Å². The molecular weight excluding hydrogens is 144 g/mol. The Bertz CT molecular complexity index is 192. The van der Waals surface area contributed by atoms with Gasteiger partial charge in [0, 0.05) is 12.8 Å². The van der Waals surface area contributed by atoms with Gasteiger partial charge in [0.2, 0.25) is 0 Å². The van der Waals surface area contributed by atoms with Crippen molar-refractivity contribution in [3.63, 3.8) is 0 Å². The minimum atomic E-state index is 0.750. The molecule has 0 fully saturated rings. The number of hydrogen-bond donors (Lipinski definition) is 0. The molecule has 0 atom stereocenters. The molecule has 0 saturated carbocycles. The lowest BCUT2D eigenvalue weighted by Gasteiger charge is -1.87. The Morgan fingerprint density at radius 2 is 1.58 bits per heavy atom. The summed E-state index contributed by atoms with van der Waals surface area (Å²) in [7, 11) is 0. The molecule has 0 unspecified atom stereocenters. The van der Waals surface area contributed by atoms with E-state index in [1.54, 1.807) is 0 Å². The summed E-state index contributed by atoms with van der Waals surface area (Å²) in [5, 5.41) is 0. The highest BCUT2D eigenvalue weighted by Gasteiger charge is 1.79. The van der Waals surface area contributed by atoms with E-state index in [0.717, 1.165) is 19.3 Å². The molecule has 0 rings (SSSR count). The first-order chi connectivity index (χ1) is 5.91. The zero-order valence-corrected chi connectivity index (χ0v) is 8.24. The van der Waals surface area contributed by atoms with E-state index in [0.29, 0.717) is 0 Å². The maximum atomic E-state index is 3.13. The van der Waals surface area contributed by atoms with Gasteiger partial charge in [0.05, 0.1) is 6.42 Å². The first-order valence-corrected chi connectivity index (χ1v) is 4.83. The Balaban J connectivity index is 3.23. The van der Waals surface area contributed by atoms with Crippen LogP contribution in [0.15, 0.2) is 0 Å².